The Morgan fingerprint density at radius 2 is 2.21 bits per heavy atom. The molecule has 0 saturated carbocycles. The molecule has 2 aromatic heterocycles. The number of anilines is 1. The summed E-state index contributed by atoms with van der Waals surface area (Å²) in [6.45, 7) is 0.883. The molecular formula is C14H20N4O. The van der Waals surface area contributed by atoms with Crippen LogP contribution >= 0.6 is 0 Å². The molecule has 1 saturated heterocycles. The topological polar surface area (TPSA) is 54.0 Å². The summed E-state index contributed by atoms with van der Waals surface area (Å²) in [5, 5.41) is 0. The van der Waals surface area contributed by atoms with Gasteiger partial charge in [0, 0.05) is 27.1 Å². The zero-order valence-electron chi connectivity index (χ0n) is 11.5. The first-order valence-electron chi connectivity index (χ1n) is 6.87. The molecule has 0 spiro atoms. The fourth-order valence-corrected chi connectivity index (χ4v) is 2.46. The van der Waals surface area contributed by atoms with Gasteiger partial charge in [0.1, 0.15) is 11.6 Å². The summed E-state index contributed by atoms with van der Waals surface area (Å²) in [6, 6.07) is 4.04. The maximum absolute atomic E-state index is 5.75. The number of pyridine rings is 1. The largest absolute Gasteiger partial charge is 0.378 e. The minimum atomic E-state index is 0.308. The van der Waals surface area contributed by atoms with Crippen LogP contribution in [0.2, 0.25) is 0 Å². The predicted octanol–water partition coefficient (Wildman–Crippen LogP) is 2.14. The first-order valence-corrected chi connectivity index (χ1v) is 6.87. The summed E-state index contributed by atoms with van der Waals surface area (Å²) in [4.78, 5) is 14.4. The third-order valence-corrected chi connectivity index (χ3v) is 3.53. The fraction of sp³-hybridized carbons (Fsp3) is 0.571. The van der Waals surface area contributed by atoms with Crippen molar-refractivity contribution in [1.29, 1.82) is 0 Å². The zero-order valence-corrected chi connectivity index (χ0v) is 11.5. The van der Waals surface area contributed by atoms with Crippen molar-refractivity contribution in [2.24, 2.45) is 0 Å². The van der Waals surface area contributed by atoms with E-state index in [1.807, 2.05) is 31.1 Å². The van der Waals surface area contributed by atoms with Gasteiger partial charge < -0.3 is 14.6 Å². The maximum Gasteiger partial charge on any atom is 0.179 e. The quantitative estimate of drug-likeness (QED) is 0.918. The number of fused-ring (bicyclic) bond motifs is 1. The number of aromatic amines is 1. The molecule has 1 N–H and O–H groups in total. The van der Waals surface area contributed by atoms with Crippen LogP contribution in [-0.2, 0) is 11.2 Å². The summed E-state index contributed by atoms with van der Waals surface area (Å²) in [6.07, 6.45) is 4.74. The second-order valence-electron chi connectivity index (χ2n) is 5.31. The third kappa shape index (κ3) is 2.71. The summed E-state index contributed by atoms with van der Waals surface area (Å²) in [7, 11) is 3.97. The van der Waals surface area contributed by atoms with Gasteiger partial charge in [-0.15, -0.1) is 0 Å². The van der Waals surface area contributed by atoms with Gasteiger partial charge in [-0.3, -0.25) is 0 Å². The molecule has 0 aliphatic carbocycles. The van der Waals surface area contributed by atoms with Gasteiger partial charge in [0.05, 0.1) is 11.6 Å². The Labute approximate surface area is 113 Å². The summed E-state index contributed by atoms with van der Waals surface area (Å²) < 4.78 is 5.75. The van der Waals surface area contributed by atoms with Crippen molar-refractivity contribution in [3.8, 4) is 0 Å². The monoisotopic (exact) mass is 260 g/mol. The molecule has 0 amide bonds. The van der Waals surface area contributed by atoms with Crippen molar-refractivity contribution >= 4 is 17.0 Å². The second-order valence-corrected chi connectivity index (χ2v) is 5.31. The van der Waals surface area contributed by atoms with Crippen LogP contribution in [0, 0.1) is 0 Å². The number of H-pyrrole nitrogens is 1. The van der Waals surface area contributed by atoms with Crippen molar-refractivity contribution in [2.45, 2.75) is 31.8 Å². The number of nitrogens with one attached hydrogen (secondary N) is 1. The Bertz CT molecular complexity index is 558. The SMILES string of the molecule is CN(C)c1ccc2[nH]c(CC3CCCCO3)nc2n1. The molecule has 0 radical (unpaired) electrons. The van der Waals surface area contributed by atoms with Crippen molar-refractivity contribution in [3.05, 3.63) is 18.0 Å². The number of aromatic nitrogens is 3. The first kappa shape index (κ1) is 12.4. The molecule has 1 aliphatic heterocycles. The molecule has 1 fully saturated rings. The van der Waals surface area contributed by atoms with Gasteiger partial charge >= 0.3 is 0 Å². The molecule has 19 heavy (non-hydrogen) atoms. The highest BCUT2D eigenvalue weighted by Gasteiger charge is 2.16. The number of hydrogen-bond donors (Lipinski definition) is 1. The van der Waals surface area contributed by atoms with E-state index in [1.54, 1.807) is 0 Å². The Morgan fingerprint density at radius 3 is 2.95 bits per heavy atom. The van der Waals surface area contributed by atoms with Crippen LogP contribution < -0.4 is 4.90 Å². The van der Waals surface area contributed by atoms with Gasteiger partial charge in [-0.1, -0.05) is 0 Å². The predicted molar refractivity (Wildman–Crippen MR) is 75.5 cm³/mol. The van der Waals surface area contributed by atoms with Crippen molar-refractivity contribution in [1.82, 2.24) is 15.0 Å². The first-order chi connectivity index (χ1) is 9.22. The van der Waals surface area contributed by atoms with E-state index in [2.05, 4.69) is 15.0 Å². The van der Waals surface area contributed by atoms with Gasteiger partial charge in [0.25, 0.3) is 0 Å². The lowest BCUT2D eigenvalue weighted by Crippen LogP contribution is -2.21. The van der Waals surface area contributed by atoms with Crippen molar-refractivity contribution in [2.75, 3.05) is 25.6 Å². The van der Waals surface area contributed by atoms with Crippen LogP contribution in [0.1, 0.15) is 25.1 Å². The highest BCUT2D eigenvalue weighted by Crippen LogP contribution is 2.19. The second kappa shape index (κ2) is 5.17. The van der Waals surface area contributed by atoms with E-state index in [4.69, 9.17) is 4.74 Å². The molecule has 2 aromatic rings. The lowest BCUT2D eigenvalue weighted by atomic mass is 10.1. The average molecular weight is 260 g/mol. The van der Waals surface area contributed by atoms with E-state index >= 15 is 0 Å². The lowest BCUT2D eigenvalue weighted by molar-refractivity contribution is 0.0158. The molecular weight excluding hydrogens is 240 g/mol. The summed E-state index contributed by atoms with van der Waals surface area (Å²) in [5.41, 5.74) is 1.79. The molecule has 3 rings (SSSR count). The van der Waals surface area contributed by atoms with E-state index in [0.717, 1.165) is 42.3 Å². The fourth-order valence-electron chi connectivity index (χ4n) is 2.46. The molecule has 3 heterocycles. The molecule has 1 aliphatic rings. The molecule has 1 unspecified atom stereocenters. The van der Waals surface area contributed by atoms with Crippen LogP contribution in [0.15, 0.2) is 12.1 Å². The molecule has 102 valence electrons. The number of nitrogens with zero attached hydrogens (tertiary/aromatic N) is 3. The Morgan fingerprint density at radius 1 is 1.32 bits per heavy atom. The minimum absolute atomic E-state index is 0.308. The van der Waals surface area contributed by atoms with Crippen LogP contribution in [0.25, 0.3) is 11.2 Å². The van der Waals surface area contributed by atoms with Crippen LogP contribution in [0.5, 0.6) is 0 Å². The number of hydrogen-bond acceptors (Lipinski definition) is 4. The standard InChI is InChI=1S/C14H20N4O/c1-18(2)13-7-6-11-14(17-13)16-12(15-11)9-10-5-3-4-8-19-10/h6-7,10H,3-5,8-9H2,1-2H3,(H,15,16,17). The van der Waals surface area contributed by atoms with Gasteiger partial charge in [-0.2, -0.15) is 0 Å². The van der Waals surface area contributed by atoms with E-state index in [1.165, 1.54) is 12.8 Å². The number of imidazole rings is 1. The Balaban J connectivity index is 1.80. The molecule has 5 nitrogen and oxygen atoms in total. The van der Waals surface area contributed by atoms with E-state index in [0.29, 0.717) is 6.10 Å². The summed E-state index contributed by atoms with van der Waals surface area (Å²) >= 11 is 0. The highest BCUT2D eigenvalue weighted by atomic mass is 16.5. The molecule has 0 bridgehead atoms. The molecule has 0 aromatic carbocycles. The van der Waals surface area contributed by atoms with Gasteiger partial charge in [0.2, 0.25) is 0 Å². The van der Waals surface area contributed by atoms with Crippen molar-refractivity contribution in [3.63, 3.8) is 0 Å². The lowest BCUT2D eigenvalue weighted by Gasteiger charge is -2.21. The van der Waals surface area contributed by atoms with Crippen LogP contribution in [0.3, 0.4) is 0 Å². The van der Waals surface area contributed by atoms with E-state index in [-0.39, 0.29) is 0 Å². The Hall–Kier alpha value is -1.62. The molecule has 1 atom stereocenters. The maximum atomic E-state index is 5.75. The van der Waals surface area contributed by atoms with Gasteiger partial charge in [0.15, 0.2) is 5.65 Å². The van der Waals surface area contributed by atoms with Gasteiger partial charge in [-0.25, -0.2) is 9.97 Å². The normalized spacial score (nSPS) is 19.8. The Kier molecular flexibility index (Phi) is 3.38. The summed E-state index contributed by atoms with van der Waals surface area (Å²) in [5.74, 6) is 1.91. The van der Waals surface area contributed by atoms with E-state index in [9.17, 15) is 0 Å². The van der Waals surface area contributed by atoms with E-state index < -0.39 is 0 Å². The average Bonchev–Trinajstić information content (AvgIpc) is 2.80. The third-order valence-electron chi connectivity index (χ3n) is 3.53. The minimum Gasteiger partial charge on any atom is -0.378 e. The van der Waals surface area contributed by atoms with Crippen LogP contribution in [-0.4, -0.2) is 41.8 Å². The highest BCUT2D eigenvalue weighted by molar-refractivity contribution is 5.73. The zero-order chi connectivity index (χ0) is 13.2. The van der Waals surface area contributed by atoms with Gasteiger partial charge in [-0.05, 0) is 31.4 Å². The van der Waals surface area contributed by atoms with Crippen LogP contribution in [0.4, 0.5) is 5.82 Å². The number of rotatable bonds is 3. The van der Waals surface area contributed by atoms with Crippen molar-refractivity contribution < 1.29 is 4.74 Å². The molecule has 5 heteroatoms. The number of ether oxygens (including phenoxy) is 1. The smallest absolute Gasteiger partial charge is 0.179 e.